The molecule has 2 aromatic carbocycles. The second kappa shape index (κ2) is 8.23. The predicted molar refractivity (Wildman–Crippen MR) is 93.0 cm³/mol. The van der Waals surface area contributed by atoms with Crippen LogP contribution in [-0.2, 0) is 6.54 Å². The summed E-state index contributed by atoms with van der Waals surface area (Å²) < 4.78 is 29.0. The van der Waals surface area contributed by atoms with E-state index in [1.165, 1.54) is 38.4 Å². The Morgan fingerprint density at radius 2 is 1.72 bits per heavy atom. The molecule has 0 aliphatic carbocycles. The number of rotatable bonds is 6. The van der Waals surface area contributed by atoms with Crippen molar-refractivity contribution in [1.82, 2.24) is 4.90 Å². The fraction of sp³-hybridized carbons (Fsp3) is 0.278. The third-order valence-corrected chi connectivity index (χ3v) is 3.63. The van der Waals surface area contributed by atoms with E-state index in [9.17, 15) is 9.18 Å². The molecule has 25 heavy (non-hydrogen) atoms. The van der Waals surface area contributed by atoms with Crippen LogP contribution in [0.1, 0.15) is 5.56 Å². The van der Waals surface area contributed by atoms with E-state index in [1.807, 2.05) is 0 Å². The van der Waals surface area contributed by atoms with Crippen LogP contribution in [0.25, 0.3) is 0 Å². The Bertz CT molecular complexity index is 752. The minimum absolute atomic E-state index is 0.164. The molecule has 0 heterocycles. The number of anilines is 1. The van der Waals surface area contributed by atoms with E-state index in [4.69, 9.17) is 14.2 Å². The van der Waals surface area contributed by atoms with Gasteiger partial charge in [0.2, 0.25) is 0 Å². The molecule has 0 fully saturated rings. The molecular formula is C18H21FN2O4. The molecule has 0 saturated carbocycles. The molecule has 0 aromatic heterocycles. The predicted octanol–water partition coefficient (Wildman–Crippen LogP) is 3.52. The Morgan fingerprint density at radius 3 is 2.32 bits per heavy atom. The maximum Gasteiger partial charge on any atom is 0.321 e. The van der Waals surface area contributed by atoms with Crippen molar-refractivity contribution >= 4 is 11.7 Å². The van der Waals surface area contributed by atoms with Gasteiger partial charge in [0.25, 0.3) is 0 Å². The average Bonchev–Trinajstić information content (AvgIpc) is 2.61. The SMILES string of the molecule is COc1ccc(OC)c(NC(=O)N(C)Cc2ccc(OC)c(F)c2)c1. The fourth-order valence-electron chi connectivity index (χ4n) is 2.28. The van der Waals surface area contributed by atoms with Gasteiger partial charge in [0, 0.05) is 19.7 Å². The Balaban J connectivity index is 2.09. The number of carbonyl (C=O) groups excluding carboxylic acids is 1. The summed E-state index contributed by atoms with van der Waals surface area (Å²) in [4.78, 5) is 13.8. The van der Waals surface area contributed by atoms with Crippen LogP contribution < -0.4 is 19.5 Å². The number of halogens is 1. The summed E-state index contributed by atoms with van der Waals surface area (Å²) in [5.74, 6) is 0.800. The quantitative estimate of drug-likeness (QED) is 0.868. The first-order valence-electron chi connectivity index (χ1n) is 7.55. The lowest BCUT2D eigenvalue weighted by atomic mass is 10.2. The molecule has 0 aliphatic heterocycles. The first kappa shape index (κ1) is 18.4. The number of hydrogen-bond acceptors (Lipinski definition) is 4. The van der Waals surface area contributed by atoms with Gasteiger partial charge in [0.15, 0.2) is 11.6 Å². The lowest BCUT2D eigenvalue weighted by Crippen LogP contribution is -2.31. The van der Waals surface area contributed by atoms with Crippen molar-refractivity contribution in [3.8, 4) is 17.2 Å². The minimum Gasteiger partial charge on any atom is -0.497 e. The van der Waals surface area contributed by atoms with Gasteiger partial charge in [-0.3, -0.25) is 0 Å². The lowest BCUT2D eigenvalue weighted by Gasteiger charge is -2.19. The van der Waals surface area contributed by atoms with E-state index in [1.54, 1.807) is 31.3 Å². The highest BCUT2D eigenvalue weighted by molar-refractivity contribution is 5.91. The van der Waals surface area contributed by atoms with Crippen LogP contribution in [0.4, 0.5) is 14.9 Å². The Hall–Kier alpha value is -2.96. The maximum absolute atomic E-state index is 13.8. The second-order valence-corrected chi connectivity index (χ2v) is 5.32. The molecule has 0 bridgehead atoms. The smallest absolute Gasteiger partial charge is 0.321 e. The van der Waals surface area contributed by atoms with Crippen LogP contribution in [-0.4, -0.2) is 39.3 Å². The fourth-order valence-corrected chi connectivity index (χ4v) is 2.28. The van der Waals surface area contributed by atoms with Crippen LogP contribution in [0.15, 0.2) is 36.4 Å². The third-order valence-electron chi connectivity index (χ3n) is 3.63. The van der Waals surface area contributed by atoms with E-state index < -0.39 is 5.82 Å². The summed E-state index contributed by atoms with van der Waals surface area (Å²) in [5, 5.41) is 2.76. The van der Waals surface area contributed by atoms with Gasteiger partial charge < -0.3 is 24.4 Å². The van der Waals surface area contributed by atoms with Crippen LogP contribution in [0.5, 0.6) is 17.2 Å². The summed E-state index contributed by atoms with van der Waals surface area (Å²) in [6.45, 7) is 0.235. The molecule has 0 atom stereocenters. The van der Waals surface area contributed by atoms with Gasteiger partial charge in [-0.05, 0) is 29.8 Å². The average molecular weight is 348 g/mol. The number of urea groups is 1. The number of hydrogen-bond donors (Lipinski definition) is 1. The molecule has 134 valence electrons. The number of nitrogens with one attached hydrogen (secondary N) is 1. The van der Waals surface area contributed by atoms with Gasteiger partial charge >= 0.3 is 6.03 Å². The molecule has 0 unspecified atom stereocenters. The van der Waals surface area contributed by atoms with Gasteiger partial charge in [-0.15, -0.1) is 0 Å². The van der Waals surface area contributed by atoms with Gasteiger partial charge in [0.05, 0.1) is 27.0 Å². The van der Waals surface area contributed by atoms with Gasteiger partial charge in [-0.25, -0.2) is 9.18 Å². The van der Waals surface area contributed by atoms with Crippen molar-refractivity contribution in [3.63, 3.8) is 0 Å². The largest absolute Gasteiger partial charge is 0.497 e. The zero-order valence-electron chi connectivity index (χ0n) is 14.6. The molecule has 1 N–H and O–H groups in total. The van der Waals surface area contributed by atoms with Crippen molar-refractivity contribution in [2.75, 3.05) is 33.7 Å². The van der Waals surface area contributed by atoms with Crippen molar-refractivity contribution in [3.05, 3.63) is 47.8 Å². The van der Waals surface area contributed by atoms with E-state index >= 15 is 0 Å². The van der Waals surface area contributed by atoms with Crippen molar-refractivity contribution in [2.45, 2.75) is 6.54 Å². The van der Waals surface area contributed by atoms with Crippen molar-refractivity contribution in [1.29, 1.82) is 0 Å². The molecule has 0 aliphatic rings. The maximum atomic E-state index is 13.8. The van der Waals surface area contributed by atoms with Crippen molar-refractivity contribution < 1.29 is 23.4 Å². The zero-order valence-corrected chi connectivity index (χ0v) is 14.6. The van der Waals surface area contributed by atoms with Gasteiger partial charge in [-0.2, -0.15) is 0 Å². The molecule has 0 saturated heterocycles. The number of benzene rings is 2. The number of methoxy groups -OCH3 is 3. The lowest BCUT2D eigenvalue weighted by molar-refractivity contribution is 0.220. The van der Waals surface area contributed by atoms with Gasteiger partial charge in [0.1, 0.15) is 11.5 Å². The summed E-state index contributed by atoms with van der Waals surface area (Å²) in [6.07, 6.45) is 0. The molecule has 0 spiro atoms. The molecule has 2 aromatic rings. The van der Waals surface area contributed by atoms with Crippen LogP contribution >= 0.6 is 0 Å². The highest BCUT2D eigenvalue weighted by atomic mass is 19.1. The van der Waals surface area contributed by atoms with E-state index in [-0.39, 0.29) is 18.3 Å². The van der Waals surface area contributed by atoms with Gasteiger partial charge in [-0.1, -0.05) is 6.07 Å². The number of ether oxygens (including phenoxy) is 3. The summed E-state index contributed by atoms with van der Waals surface area (Å²) in [6, 6.07) is 9.32. The molecule has 7 heteroatoms. The third kappa shape index (κ3) is 4.53. The number of nitrogens with zero attached hydrogens (tertiary/aromatic N) is 1. The van der Waals surface area contributed by atoms with Crippen LogP contribution in [0.3, 0.4) is 0 Å². The summed E-state index contributed by atoms with van der Waals surface area (Å²) >= 11 is 0. The topological polar surface area (TPSA) is 60.0 Å². The minimum atomic E-state index is -0.469. The zero-order chi connectivity index (χ0) is 18.4. The summed E-state index contributed by atoms with van der Waals surface area (Å²) in [5.41, 5.74) is 1.13. The molecular weight excluding hydrogens is 327 g/mol. The number of carbonyl (C=O) groups is 1. The van der Waals surface area contributed by atoms with Crippen LogP contribution in [0.2, 0.25) is 0 Å². The Morgan fingerprint density at radius 1 is 1.04 bits per heavy atom. The standard InChI is InChI=1S/C18H21FN2O4/c1-21(11-12-5-7-16(24-3)14(19)9-12)18(22)20-15-10-13(23-2)6-8-17(15)25-4/h5-10H,11H2,1-4H3,(H,20,22). The number of amides is 2. The second-order valence-electron chi connectivity index (χ2n) is 5.32. The molecule has 0 radical (unpaired) electrons. The van der Waals surface area contributed by atoms with E-state index in [0.717, 1.165) is 0 Å². The molecule has 6 nitrogen and oxygen atoms in total. The monoisotopic (exact) mass is 348 g/mol. The Labute approximate surface area is 146 Å². The molecule has 2 amide bonds. The first-order valence-corrected chi connectivity index (χ1v) is 7.55. The highest BCUT2D eigenvalue weighted by Gasteiger charge is 2.14. The Kier molecular flexibility index (Phi) is 6.05. The summed E-state index contributed by atoms with van der Waals surface area (Å²) in [7, 11) is 6.07. The normalized spacial score (nSPS) is 10.1. The highest BCUT2D eigenvalue weighted by Crippen LogP contribution is 2.29. The van der Waals surface area contributed by atoms with Crippen molar-refractivity contribution in [2.24, 2.45) is 0 Å². The van der Waals surface area contributed by atoms with E-state index in [2.05, 4.69) is 5.32 Å². The molecule has 2 rings (SSSR count). The van der Waals surface area contributed by atoms with E-state index in [0.29, 0.717) is 22.7 Å². The first-order chi connectivity index (χ1) is 12.0. The van der Waals surface area contributed by atoms with Crippen LogP contribution in [0, 0.1) is 5.82 Å².